The molecule has 0 aliphatic rings. The average Bonchev–Trinajstić information content (AvgIpc) is 3.10. The third-order valence-electron chi connectivity index (χ3n) is 4.02. The molecular weight excluding hydrogens is 366 g/mol. The molecule has 1 N–H and O–H groups in total. The van der Waals surface area contributed by atoms with E-state index >= 15 is 0 Å². The minimum atomic E-state index is -0.0837. The van der Waals surface area contributed by atoms with Crippen molar-refractivity contribution in [3.8, 4) is 0 Å². The van der Waals surface area contributed by atoms with E-state index < -0.39 is 0 Å². The number of anilines is 1. The maximum absolute atomic E-state index is 12.4. The van der Waals surface area contributed by atoms with Gasteiger partial charge in [0.2, 0.25) is 11.0 Å². The first kappa shape index (κ1) is 19.1. The minimum Gasteiger partial charge on any atom is -0.377 e. The van der Waals surface area contributed by atoms with Gasteiger partial charge in [-0.3, -0.25) is 14.2 Å². The van der Waals surface area contributed by atoms with Gasteiger partial charge >= 0.3 is 0 Å². The number of aryl methyl sites for hydroxylation is 1. The molecule has 3 aromatic rings. The summed E-state index contributed by atoms with van der Waals surface area (Å²) in [5, 5.41) is 12.4. The number of rotatable bonds is 9. The molecule has 1 amide bonds. The lowest BCUT2D eigenvalue weighted by Crippen LogP contribution is -2.20. The second kappa shape index (κ2) is 9.33. The Kier molecular flexibility index (Phi) is 6.61. The molecule has 1 aromatic carbocycles. The van der Waals surface area contributed by atoms with E-state index in [1.165, 1.54) is 11.3 Å². The second-order valence-electron chi connectivity index (χ2n) is 6.05. The lowest BCUT2D eigenvalue weighted by molar-refractivity contribution is -0.116. The summed E-state index contributed by atoms with van der Waals surface area (Å²) in [4.78, 5) is 28.6. The van der Waals surface area contributed by atoms with Crippen LogP contribution in [-0.4, -0.2) is 32.8 Å². The van der Waals surface area contributed by atoms with Gasteiger partial charge in [0.05, 0.1) is 17.2 Å². The summed E-state index contributed by atoms with van der Waals surface area (Å²) in [6.45, 7) is 0.978. The van der Waals surface area contributed by atoms with Crippen molar-refractivity contribution < 1.29 is 9.53 Å². The fraction of sp³-hybridized carbons (Fsp3) is 0.389. The summed E-state index contributed by atoms with van der Waals surface area (Å²) in [7, 11) is 1.59. The maximum Gasteiger partial charge on any atom is 0.261 e. The van der Waals surface area contributed by atoms with Crippen LogP contribution in [0.3, 0.4) is 0 Å². The molecule has 9 heteroatoms. The molecule has 2 aromatic heterocycles. The normalized spacial score (nSPS) is 11.0. The van der Waals surface area contributed by atoms with Crippen molar-refractivity contribution >= 4 is 33.3 Å². The van der Waals surface area contributed by atoms with Gasteiger partial charge in [0, 0.05) is 20.1 Å². The number of fused-ring (bicyclic) bond motifs is 1. The van der Waals surface area contributed by atoms with Gasteiger partial charge in [-0.25, -0.2) is 4.98 Å². The van der Waals surface area contributed by atoms with E-state index in [0.29, 0.717) is 35.6 Å². The Morgan fingerprint density at radius 2 is 2.07 bits per heavy atom. The number of benzene rings is 1. The summed E-state index contributed by atoms with van der Waals surface area (Å²) >= 11 is 1.31. The van der Waals surface area contributed by atoms with Crippen molar-refractivity contribution in [2.75, 3.05) is 12.4 Å². The fourth-order valence-electron chi connectivity index (χ4n) is 2.68. The van der Waals surface area contributed by atoms with Crippen LogP contribution >= 0.6 is 11.3 Å². The number of amides is 1. The van der Waals surface area contributed by atoms with Crippen LogP contribution in [0.2, 0.25) is 0 Å². The van der Waals surface area contributed by atoms with Crippen LogP contribution in [0, 0.1) is 0 Å². The quantitative estimate of drug-likeness (QED) is 0.567. The van der Waals surface area contributed by atoms with Crippen LogP contribution in [0.4, 0.5) is 5.13 Å². The second-order valence-corrected chi connectivity index (χ2v) is 7.12. The Balaban J connectivity index is 1.40. The molecule has 0 aliphatic heterocycles. The number of hydrogen-bond acceptors (Lipinski definition) is 7. The Bertz CT molecular complexity index is 969. The van der Waals surface area contributed by atoms with Gasteiger partial charge in [-0.15, -0.1) is 10.2 Å². The number of para-hydroxylation sites is 1. The highest BCUT2D eigenvalue weighted by molar-refractivity contribution is 7.15. The van der Waals surface area contributed by atoms with Crippen molar-refractivity contribution in [1.82, 2.24) is 19.7 Å². The summed E-state index contributed by atoms with van der Waals surface area (Å²) in [5.41, 5.74) is 0.683. The van der Waals surface area contributed by atoms with Crippen LogP contribution in [0.1, 0.15) is 30.7 Å². The average molecular weight is 387 g/mol. The highest BCUT2D eigenvalue weighted by atomic mass is 32.1. The maximum atomic E-state index is 12.4. The van der Waals surface area contributed by atoms with Gasteiger partial charge in [0.25, 0.3) is 5.56 Å². The Morgan fingerprint density at radius 3 is 2.93 bits per heavy atom. The monoisotopic (exact) mass is 387 g/mol. The van der Waals surface area contributed by atoms with E-state index in [1.54, 1.807) is 24.1 Å². The third-order valence-corrected chi connectivity index (χ3v) is 4.83. The first-order valence-corrected chi connectivity index (χ1v) is 9.54. The van der Waals surface area contributed by atoms with Crippen LogP contribution in [-0.2, 0) is 22.7 Å². The van der Waals surface area contributed by atoms with E-state index in [4.69, 9.17) is 4.74 Å². The summed E-state index contributed by atoms with van der Waals surface area (Å²) in [5.74, 6) is -0.0837. The van der Waals surface area contributed by atoms with Crippen LogP contribution in [0.15, 0.2) is 35.4 Å². The standard InChI is InChI=1S/C18H21N5O3S/c1-26-11-16-21-22-18(27-16)20-15(24)9-3-2-6-10-23-12-19-14-8-5-4-7-13(14)17(23)25/h4-5,7-8,12H,2-3,6,9-11H2,1H3,(H,20,22,24). The molecule has 0 aliphatic carbocycles. The molecule has 0 spiro atoms. The molecule has 0 bridgehead atoms. The van der Waals surface area contributed by atoms with E-state index in [0.717, 1.165) is 24.3 Å². The van der Waals surface area contributed by atoms with Gasteiger partial charge in [-0.05, 0) is 25.0 Å². The minimum absolute atomic E-state index is 0.0264. The molecule has 2 heterocycles. The Morgan fingerprint density at radius 1 is 1.22 bits per heavy atom. The summed E-state index contributed by atoms with van der Waals surface area (Å²) < 4.78 is 6.60. The molecule has 0 saturated heterocycles. The first-order valence-electron chi connectivity index (χ1n) is 8.72. The van der Waals surface area contributed by atoms with Crippen molar-refractivity contribution in [2.24, 2.45) is 0 Å². The lowest BCUT2D eigenvalue weighted by atomic mass is 10.2. The first-order chi connectivity index (χ1) is 13.2. The Labute approximate surface area is 160 Å². The van der Waals surface area contributed by atoms with E-state index in [-0.39, 0.29) is 11.5 Å². The number of methoxy groups -OCH3 is 1. The highest BCUT2D eigenvalue weighted by Gasteiger charge is 2.08. The van der Waals surface area contributed by atoms with Gasteiger partial charge in [-0.1, -0.05) is 29.9 Å². The summed E-state index contributed by atoms with van der Waals surface area (Å²) in [6.07, 6.45) is 4.39. The molecule has 0 atom stereocenters. The third kappa shape index (κ3) is 5.18. The van der Waals surface area contributed by atoms with Crippen LogP contribution < -0.4 is 10.9 Å². The van der Waals surface area contributed by atoms with Crippen LogP contribution in [0.5, 0.6) is 0 Å². The Hall–Kier alpha value is -2.65. The van der Waals surface area contributed by atoms with Gasteiger partial charge < -0.3 is 10.1 Å². The van der Waals surface area contributed by atoms with Gasteiger partial charge in [0.1, 0.15) is 11.6 Å². The predicted molar refractivity (Wildman–Crippen MR) is 104 cm³/mol. The predicted octanol–water partition coefficient (Wildman–Crippen LogP) is 2.59. The SMILES string of the molecule is COCc1nnc(NC(=O)CCCCCn2cnc3ccccc3c2=O)s1. The number of carbonyl (C=O) groups excluding carboxylic acids is 1. The van der Waals surface area contributed by atoms with E-state index in [9.17, 15) is 9.59 Å². The molecule has 8 nitrogen and oxygen atoms in total. The number of unbranched alkanes of at least 4 members (excludes halogenated alkanes) is 2. The molecular formula is C18H21N5O3S. The van der Waals surface area contributed by atoms with Gasteiger partial charge in [-0.2, -0.15) is 0 Å². The number of ether oxygens (including phenoxy) is 1. The molecule has 27 heavy (non-hydrogen) atoms. The number of nitrogens with zero attached hydrogens (tertiary/aromatic N) is 4. The zero-order chi connectivity index (χ0) is 19.1. The van der Waals surface area contributed by atoms with Crippen molar-refractivity contribution in [2.45, 2.75) is 38.8 Å². The fourth-order valence-corrected chi connectivity index (χ4v) is 3.41. The number of carbonyl (C=O) groups is 1. The zero-order valence-corrected chi connectivity index (χ0v) is 15.9. The van der Waals surface area contributed by atoms with Crippen molar-refractivity contribution in [1.29, 1.82) is 0 Å². The highest BCUT2D eigenvalue weighted by Crippen LogP contribution is 2.16. The van der Waals surface area contributed by atoms with Crippen LogP contribution in [0.25, 0.3) is 10.9 Å². The topological polar surface area (TPSA) is 99.0 Å². The van der Waals surface area contributed by atoms with E-state index in [2.05, 4.69) is 20.5 Å². The summed E-state index contributed by atoms with van der Waals surface area (Å²) in [6, 6.07) is 7.32. The largest absolute Gasteiger partial charge is 0.377 e. The molecule has 0 fully saturated rings. The molecule has 142 valence electrons. The zero-order valence-electron chi connectivity index (χ0n) is 15.1. The smallest absolute Gasteiger partial charge is 0.261 e. The number of nitrogens with one attached hydrogen (secondary N) is 1. The molecule has 3 rings (SSSR count). The number of aromatic nitrogens is 4. The van der Waals surface area contributed by atoms with Gasteiger partial charge in [0.15, 0.2) is 0 Å². The molecule has 0 unspecified atom stereocenters. The van der Waals surface area contributed by atoms with Crippen molar-refractivity contribution in [3.63, 3.8) is 0 Å². The van der Waals surface area contributed by atoms with E-state index in [1.807, 2.05) is 18.2 Å². The molecule has 0 saturated carbocycles. The van der Waals surface area contributed by atoms with Crippen molar-refractivity contribution in [3.05, 3.63) is 46.0 Å². The molecule has 0 radical (unpaired) electrons. The number of hydrogen-bond donors (Lipinski definition) is 1. The lowest BCUT2D eigenvalue weighted by Gasteiger charge is -2.06.